The highest BCUT2D eigenvalue weighted by Gasteiger charge is 2.05. The van der Waals surface area contributed by atoms with Crippen LogP contribution >= 0.6 is 0 Å². The zero-order valence-electron chi connectivity index (χ0n) is 13.1. The number of nitrogens with zero attached hydrogens (tertiary/aromatic N) is 3. The van der Waals surface area contributed by atoms with Crippen molar-refractivity contribution < 1.29 is 14.0 Å². The smallest absolute Gasteiger partial charge is 0.244 e. The van der Waals surface area contributed by atoms with E-state index in [1.54, 1.807) is 47.4 Å². The van der Waals surface area contributed by atoms with Gasteiger partial charge >= 0.3 is 0 Å². The molecular weight excluding hydrogens is 322 g/mol. The number of hydrogen-bond acceptors (Lipinski definition) is 5. The molecule has 0 aliphatic carbocycles. The molecule has 0 aliphatic rings. The minimum Gasteiger partial charge on any atom is -0.465 e. The Balaban J connectivity index is 1.46. The highest BCUT2D eigenvalue weighted by molar-refractivity contribution is 5.97. The quantitative estimate of drug-likeness (QED) is 0.666. The van der Waals surface area contributed by atoms with Crippen LogP contribution in [0.4, 0.5) is 5.69 Å². The molecule has 8 nitrogen and oxygen atoms in total. The van der Waals surface area contributed by atoms with Gasteiger partial charge in [0.05, 0.1) is 24.7 Å². The van der Waals surface area contributed by atoms with Crippen LogP contribution in [-0.2, 0) is 9.59 Å². The summed E-state index contributed by atoms with van der Waals surface area (Å²) in [6.07, 6.45) is 9.27. The van der Waals surface area contributed by atoms with Crippen LogP contribution < -0.4 is 10.6 Å². The van der Waals surface area contributed by atoms with Crippen LogP contribution in [0.5, 0.6) is 0 Å². The standard InChI is InChI=1S/C17H15N5O3/c23-16(7-5-14-3-1-10-25-14)19-12-17(24)21-13-4-6-15(18-11-13)22-9-2-8-20-22/h1-11H,12H2,(H,19,23)(H,21,24)/b7-5+. The van der Waals surface area contributed by atoms with E-state index in [0.29, 0.717) is 17.3 Å². The van der Waals surface area contributed by atoms with E-state index in [-0.39, 0.29) is 12.5 Å². The number of carbonyl (C=O) groups excluding carboxylic acids is 2. The maximum atomic E-state index is 11.8. The second-order valence-corrected chi connectivity index (χ2v) is 4.97. The van der Waals surface area contributed by atoms with Crippen LogP contribution in [0, 0.1) is 0 Å². The third-order valence-corrected chi connectivity index (χ3v) is 3.14. The lowest BCUT2D eigenvalue weighted by Gasteiger charge is -2.06. The molecule has 2 amide bonds. The van der Waals surface area contributed by atoms with Gasteiger partial charge in [0.15, 0.2) is 5.82 Å². The van der Waals surface area contributed by atoms with Crippen molar-refractivity contribution in [3.8, 4) is 5.82 Å². The molecule has 0 bridgehead atoms. The summed E-state index contributed by atoms with van der Waals surface area (Å²) in [5, 5.41) is 9.20. The molecule has 0 saturated carbocycles. The van der Waals surface area contributed by atoms with Gasteiger partial charge in [-0.25, -0.2) is 9.67 Å². The fourth-order valence-electron chi connectivity index (χ4n) is 1.98. The van der Waals surface area contributed by atoms with Crippen molar-refractivity contribution in [1.82, 2.24) is 20.1 Å². The molecule has 3 heterocycles. The molecule has 0 radical (unpaired) electrons. The van der Waals surface area contributed by atoms with Gasteiger partial charge in [-0.15, -0.1) is 0 Å². The van der Waals surface area contributed by atoms with Gasteiger partial charge in [0.2, 0.25) is 11.8 Å². The molecule has 2 N–H and O–H groups in total. The molecule has 25 heavy (non-hydrogen) atoms. The number of carbonyl (C=O) groups is 2. The monoisotopic (exact) mass is 337 g/mol. The van der Waals surface area contributed by atoms with Crippen LogP contribution in [0.1, 0.15) is 5.76 Å². The Bertz CT molecular complexity index is 852. The molecule has 3 aromatic heterocycles. The van der Waals surface area contributed by atoms with E-state index in [0.717, 1.165) is 0 Å². The summed E-state index contributed by atoms with van der Waals surface area (Å²) in [7, 11) is 0. The van der Waals surface area contributed by atoms with E-state index in [1.165, 1.54) is 24.6 Å². The average Bonchev–Trinajstić information content (AvgIpc) is 3.32. The van der Waals surface area contributed by atoms with Gasteiger partial charge in [0, 0.05) is 18.5 Å². The second-order valence-electron chi connectivity index (χ2n) is 4.97. The highest BCUT2D eigenvalue weighted by atomic mass is 16.3. The highest BCUT2D eigenvalue weighted by Crippen LogP contribution is 2.08. The Kier molecular flexibility index (Phi) is 5.01. The first-order valence-electron chi connectivity index (χ1n) is 7.46. The molecule has 0 spiro atoms. The third kappa shape index (κ3) is 4.64. The molecule has 0 unspecified atom stereocenters. The Morgan fingerprint density at radius 2 is 2.16 bits per heavy atom. The van der Waals surface area contributed by atoms with E-state index in [1.807, 2.05) is 0 Å². The first-order chi connectivity index (χ1) is 12.2. The lowest BCUT2D eigenvalue weighted by molar-refractivity contribution is -0.121. The molecule has 8 heteroatoms. The number of anilines is 1. The van der Waals surface area contributed by atoms with Crippen molar-refractivity contribution in [3.05, 3.63) is 67.0 Å². The molecule has 0 atom stereocenters. The van der Waals surface area contributed by atoms with Gasteiger partial charge in [-0.1, -0.05) is 0 Å². The molecule has 126 valence electrons. The lowest BCUT2D eigenvalue weighted by atomic mass is 10.3. The van der Waals surface area contributed by atoms with Crippen molar-refractivity contribution in [2.75, 3.05) is 11.9 Å². The zero-order valence-corrected chi connectivity index (χ0v) is 13.1. The predicted molar refractivity (Wildman–Crippen MR) is 90.7 cm³/mol. The van der Waals surface area contributed by atoms with Crippen LogP contribution in [-0.4, -0.2) is 33.1 Å². The normalized spacial score (nSPS) is 10.7. The topological polar surface area (TPSA) is 102 Å². The van der Waals surface area contributed by atoms with Crippen molar-refractivity contribution in [1.29, 1.82) is 0 Å². The molecule has 3 aromatic rings. The minimum atomic E-state index is -0.390. The van der Waals surface area contributed by atoms with E-state index < -0.39 is 5.91 Å². The Morgan fingerprint density at radius 3 is 2.84 bits per heavy atom. The molecular formula is C17H15N5O3. The summed E-state index contributed by atoms with van der Waals surface area (Å²) in [6, 6.07) is 8.67. The molecule has 0 saturated heterocycles. The number of amides is 2. The van der Waals surface area contributed by atoms with Gasteiger partial charge in [-0.2, -0.15) is 5.10 Å². The number of hydrogen-bond donors (Lipinski definition) is 2. The van der Waals surface area contributed by atoms with Crippen LogP contribution in [0.2, 0.25) is 0 Å². The number of rotatable bonds is 6. The fraction of sp³-hybridized carbons (Fsp3) is 0.0588. The SMILES string of the molecule is O=C(/C=C/c1ccco1)NCC(=O)Nc1ccc(-n2cccn2)nc1. The van der Waals surface area contributed by atoms with E-state index in [9.17, 15) is 9.59 Å². The van der Waals surface area contributed by atoms with Crippen molar-refractivity contribution >= 4 is 23.6 Å². The molecule has 0 fully saturated rings. The largest absolute Gasteiger partial charge is 0.465 e. The second kappa shape index (κ2) is 7.73. The number of nitrogens with one attached hydrogen (secondary N) is 2. The van der Waals surface area contributed by atoms with Gasteiger partial charge in [-0.3, -0.25) is 9.59 Å². The molecule has 0 aliphatic heterocycles. The molecule has 0 aromatic carbocycles. The van der Waals surface area contributed by atoms with Gasteiger partial charge < -0.3 is 15.1 Å². The third-order valence-electron chi connectivity index (χ3n) is 3.14. The van der Waals surface area contributed by atoms with E-state index in [2.05, 4.69) is 20.7 Å². The first-order valence-corrected chi connectivity index (χ1v) is 7.46. The van der Waals surface area contributed by atoms with E-state index in [4.69, 9.17) is 4.42 Å². The first kappa shape index (κ1) is 16.2. The minimum absolute atomic E-state index is 0.151. The maximum absolute atomic E-state index is 11.8. The summed E-state index contributed by atoms with van der Waals surface area (Å²) in [5.41, 5.74) is 0.529. The van der Waals surface area contributed by atoms with Gasteiger partial charge in [-0.05, 0) is 36.4 Å². The zero-order chi connectivity index (χ0) is 17.5. The maximum Gasteiger partial charge on any atom is 0.244 e. The van der Waals surface area contributed by atoms with Gasteiger partial charge in [0.25, 0.3) is 0 Å². The van der Waals surface area contributed by atoms with Crippen LogP contribution in [0.3, 0.4) is 0 Å². The summed E-state index contributed by atoms with van der Waals surface area (Å²) in [4.78, 5) is 27.7. The summed E-state index contributed by atoms with van der Waals surface area (Å²) in [5.74, 6) is 0.453. The summed E-state index contributed by atoms with van der Waals surface area (Å²) in [6.45, 7) is -0.151. The number of furan rings is 1. The lowest BCUT2D eigenvalue weighted by Crippen LogP contribution is -2.31. The number of pyridine rings is 1. The van der Waals surface area contributed by atoms with Crippen LogP contribution in [0.15, 0.2) is 65.7 Å². The molecule has 3 rings (SSSR count). The Morgan fingerprint density at radius 1 is 1.24 bits per heavy atom. The predicted octanol–water partition coefficient (Wildman–Crippen LogP) is 1.63. The Hall–Kier alpha value is -3.68. The summed E-state index contributed by atoms with van der Waals surface area (Å²) >= 11 is 0. The van der Waals surface area contributed by atoms with Crippen molar-refractivity contribution in [2.45, 2.75) is 0 Å². The van der Waals surface area contributed by atoms with Crippen molar-refractivity contribution in [2.24, 2.45) is 0 Å². The number of aromatic nitrogens is 3. The van der Waals surface area contributed by atoms with E-state index >= 15 is 0 Å². The average molecular weight is 337 g/mol. The fourth-order valence-corrected chi connectivity index (χ4v) is 1.98. The van der Waals surface area contributed by atoms with Crippen molar-refractivity contribution in [3.63, 3.8) is 0 Å². The Labute approximate surface area is 143 Å². The summed E-state index contributed by atoms with van der Waals surface area (Å²) < 4.78 is 6.67. The van der Waals surface area contributed by atoms with Gasteiger partial charge in [0.1, 0.15) is 5.76 Å². The van der Waals surface area contributed by atoms with Crippen LogP contribution in [0.25, 0.3) is 11.9 Å².